The highest BCUT2D eigenvalue weighted by atomic mass is 19.1. The first-order valence-corrected chi connectivity index (χ1v) is 7.06. The molecule has 112 valence electrons. The fourth-order valence-electron chi connectivity index (χ4n) is 2.82. The van der Waals surface area contributed by atoms with Gasteiger partial charge in [-0.25, -0.2) is 9.07 Å². The van der Waals surface area contributed by atoms with Gasteiger partial charge in [-0.15, -0.1) is 5.10 Å². The van der Waals surface area contributed by atoms with E-state index < -0.39 is 5.82 Å². The standard InChI is InChI=1S/C15H13FN4O2/c16-11-6-10-2-5-22-14(10)13(7-11)15(21)19-3-1-4-20-12(9-19)8-17-18-20/h2,5-8H,1,3-4,9H2. The number of fused-ring (bicyclic) bond motifs is 2. The predicted octanol–water partition coefficient (Wildman–Crippen LogP) is 2.21. The first-order valence-electron chi connectivity index (χ1n) is 7.06. The number of hydrogen-bond acceptors (Lipinski definition) is 4. The zero-order valence-electron chi connectivity index (χ0n) is 11.7. The van der Waals surface area contributed by atoms with Crippen molar-refractivity contribution >= 4 is 16.9 Å². The van der Waals surface area contributed by atoms with E-state index in [2.05, 4.69) is 10.3 Å². The number of nitrogens with zero attached hydrogens (tertiary/aromatic N) is 4. The molecule has 1 aliphatic heterocycles. The van der Waals surface area contributed by atoms with Crippen LogP contribution in [0.1, 0.15) is 22.5 Å². The van der Waals surface area contributed by atoms with Gasteiger partial charge in [0.05, 0.1) is 30.3 Å². The summed E-state index contributed by atoms with van der Waals surface area (Å²) in [4.78, 5) is 14.5. The molecular formula is C15H13FN4O2. The highest BCUT2D eigenvalue weighted by Gasteiger charge is 2.24. The van der Waals surface area contributed by atoms with Gasteiger partial charge in [0.15, 0.2) is 0 Å². The van der Waals surface area contributed by atoms with Gasteiger partial charge >= 0.3 is 0 Å². The van der Waals surface area contributed by atoms with Gasteiger partial charge in [0.2, 0.25) is 0 Å². The van der Waals surface area contributed by atoms with Crippen molar-refractivity contribution < 1.29 is 13.6 Å². The van der Waals surface area contributed by atoms with Crippen molar-refractivity contribution in [2.75, 3.05) is 6.54 Å². The SMILES string of the molecule is O=C(c1cc(F)cc2ccoc12)N1CCCn2nncc2C1. The van der Waals surface area contributed by atoms with Crippen LogP contribution in [-0.4, -0.2) is 32.3 Å². The van der Waals surface area contributed by atoms with Crippen molar-refractivity contribution in [1.29, 1.82) is 0 Å². The van der Waals surface area contributed by atoms with Crippen LogP contribution in [0.25, 0.3) is 11.0 Å². The zero-order valence-corrected chi connectivity index (χ0v) is 11.7. The van der Waals surface area contributed by atoms with Crippen molar-refractivity contribution in [2.45, 2.75) is 19.5 Å². The number of rotatable bonds is 1. The van der Waals surface area contributed by atoms with Crippen LogP contribution in [0.4, 0.5) is 4.39 Å². The monoisotopic (exact) mass is 300 g/mol. The summed E-state index contributed by atoms with van der Waals surface area (Å²) in [6.07, 6.45) is 3.89. The van der Waals surface area contributed by atoms with Gasteiger partial charge in [-0.2, -0.15) is 0 Å². The molecule has 0 saturated heterocycles. The Balaban J connectivity index is 1.73. The Labute approximate surface area is 125 Å². The molecule has 22 heavy (non-hydrogen) atoms. The van der Waals surface area contributed by atoms with Gasteiger partial charge in [-0.1, -0.05) is 5.21 Å². The van der Waals surface area contributed by atoms with E-state index in [0.717, 1.165) is 18.7 Å². The van der Waals surface area contributed by atoms with Crippen LogP contribution in [-0.2, 0) is 13.1 Å². The number of carbonyl (C=O) groups excluding carboxylic acids is 1. The van der Waals surface area contributed by atoms with E-state index in [9.17, 15) is 9.18 Å². The normalized spacial score (nSPS) is 14.9. The molecule has 2 aromatic heterocycles. The molecule has 1 aromatic carbocycles. The fraction of sp³-hybridized carbons (Fsp3) is 0.267. The maximum Gasteiger partial charge on any atom is 0.258 e. The van der Waals surface area contributed by atoms with E-state index in [1.54, 1.807) is 21.8 Å². The fourth-order valence-corrected chi connectivity index (χ4v) is 2.82. The van der Waals surface area contributed by atoms with Crippen LogP contribution in [0.2, 0.25) is 0 Å². The second-order valence-electron chi connectivity index (χ2n) is 5.32. The molecule has 0 aliphatic carbocycles. The van der Waals surface area contributed by atoms with Gasteiger partial charge in [0, 0.05) is 18.5 Å². The number of hydrogen-bond donors (Lipinski definition) is 0. The lowest BCUT2D eigenvalue weighted by molar-refractivity contribution is 0.0746. The first-order chi connectivity index (χ1) is 10.7. The molecule has 0 spiro atoms. The minimum absolute atomic E-state index is 0.242. The summed E-state index contributed by atoms with van der Waals surface area (Å²) in [5.74, 6) is -0.687. The average molecular weight is 300 g/mol. The molecule has 0 bridgehead atoms. The molecular weight excluding hydrogens is 287 g/mol. The van der Waals surface area contributed by atoms with Crippen molar-refractivity contribution in [1.82, 2.24) is 19.9 Å². The first kappa shape index (κ1) is 13.0. The maximum atomic E-state index is 13.7. The van der Waals surface area contributed by atoms with Crippen molar-refractivity contribution in [3.63, 3.8) is 0 Å². The summed E-state index contributed by atoms with van der Waals surface area (Å²) in [5, 5.41) is 8.44. The highest BCUT2D eigenvalue weighted by Crippen LogP contribution is 2.24. The van der Waals surface area contributed by atoms with Crippen molar-refractivity contribution in [3.8, 4) is 0 Å². The molecule has 0 fully saturated rings. The van der Waals surface area contributed by atoms with Crippen LogP contribution in [0.3, 0.4) is 0 Å². The van der Waals surface area contributed by atoms with E-state index >= 15 is 0 Å². The maximum absolute atomic E-state index is 13.7. The molecule has 0 saturated carbocycles. The minimum atomic E-state index is -0.446. The molecule has 0 N–H and O–H groups in total. The molecule has 0 unspecified atom stereocenters. The van der Waals surface area contributed by atoms with Gasteiger partial charge in [0.25, 0.3) is 5.91 Å². The van der Waals surface area contributed by atoms with E-state index in [4.69, 9.17) is 4.42 Å². The number of carbonyl (C=O) groups is 1. The Morgan fingerprint density at radius 3 is 3.14 bits per heavy atom. The van der Waals surface area contributed by atoms with E-state index in [-0.39, 0.29) is 11.5 Å². The second kappa shape index (κ2) is 4.94. The Morgan fingerprint density at radius 2 is 2.23 bits per heavy atom. The smallest absolute Gasteiger partial charge is 0.258 e. The number of benzene rings is 1. The third-order valence-corrected chi connectivity index (χ3v) is 3.88. The summed E-state index contributed by atoms with van der Waals surface area (Å²) in [6.45, 7) is 1.71. The van der Waals surface area contributed by atoms with Crippen LogP contribution in [0, 0.1) is 5.82 Å². The van der Waals surface area contributed by atoms with Gasteiger partial charge < -0.3 is 9.32 Å². The van der Waals surface area contributed by atoms with E-state index in [0.29, 0.717) is 24.1 Å². The Morgan fingerprint density at radius 1 is 1.32 bits per heavy atom. The van der Waals surface area contributed by atoms with Crippen LogP contribution < -0.4 is 0 Å². The number of amides is 1. The summed E-state index contributed by atoms with van der Waals surface area (Å²) in [7, 11) is 0. The highest BCUT2D eigenvalue weighted by molar-refractivity contribution is 6.04. The second-order valence-corrected chi connectivity index (χ2v) is 5.32. The Hall–Kier alpha value is -2.70. The summed E-state index contributed by atoms with van der Waals surface area (Å²) < 4.78 is 20.9. The van der Waals surface area contributed by atoms with Crippen molar-refractivity contribution in [3.05, 3.63) is 47.7 Å². The predicted molar refractivity (Wildman–Crippen MR) is 75.6 cm³/mol. The summed E-state index contributed by atoms with van der Waals surface area (Å²) in [6, 6.07) is 4.24. The number of halogens is 1. The largest absolute Gasteiger partial charge is 0.464 e. The lowest BCUT2D eigenvalue weighted by Gasteiger charge is -2.20. The summed E-state index contributed by atoms with van der Waals surface area (Å²) >= 11 is 0. The molecule has 0 radical (unpaired) electrons. The molecule has 1 amide bonds. The lowest BCUT2D eigenvalue weighted by Crippen LogP contribution is -2.30. The Kier molecular flexibility index (Phi) is 2.92. The van der Waals surface area contributed by atoms with E-state index in [1.807, 2.05) is 0 Å². The Bertz CT molecular complexity index is 854. The van der Waals surface area contributed by atoms with Crippen LogP contribution in [0.15, 0.2) is 35.1 Å². The quantitative estimate of drug-likeness (QED) is 0.691. The minimum Gasteiger partial charge on any atom is -0.464 e. The van der Waals surface area contributed by atoms with Gasteiger partial charge in [-0.05, 0) is 24.6 Å². The number of aromatic nitrogens is 3. The molecule has 0 atom stereocenters. The average Bonchev–Trinajstić information content (AvgIpc) is 3.10. The molecule has 4 rings (SSSR count). The van der Waals surface area contributed by atoms with Crippen LogP contribution >= 0.6 is 0 Å². The molecule has 1 aliphatic rings. The summed E-state index contributed by atoms with van der Waals surface area (Å²) in [5.41, 5.74) is 1.54. The third kappa shape index (κ3) is 2.05. The van der Waals surface area contributed by atoms with E-state index in [1.165, 1.54) is 18.4 Å². The zero-order chi connectivity index (χ0) is 15.1. The molecule has 6 nitrogen and oxygen atoms in total. The van der Waals surface area contributed by atoms with Gasteiger partial charge in [-0.3, -0.25) is 4.79 Å². The van der Waals surface area contributed by atoms with Gasteiger partial charge in [0.1, 0.15) is 11.4 Å². The lowest BCUT2D eigenvalue weighted by atomic mass is 10.1. The number of furan rings is 1. The molecule has 3 heterocycles. The van der Waals surface area contributed by atoms with Crippen LogP contribution in [0.5, 0.6) is 0 Å². The third-order valence-electron chi connectivity index (χ3n) is 3.88. The van der Waals surface area contributed by atoms with Crippen molar-refractivity contribution in [2.24, 2.45) is 0 Å². The number of aryl methyl sites for hydroxylation is 1. The molecule has 7 heteroatoms. The topological polar surface area (TPSA) is 64.2 Å². The molecule has 3 aromatic rings.